The number of carbonyl (C=O) groups excluding carboxylic acids is 2. The van der Waals surface area contributed by atoms with Crippen LogP contribution in [0.4, 0.5) is 9.18 Å². The highest BCUT2D eigenvalue weighted by Crippen LogP contribution is 2.40. The molecule has 0 spiro atoms. The molecule has 0 aromatic heterocycles. The summed E-state index contributed by atoms with van der Waals surface area (Å²) in [4.78, 5) is 26.7. The first kappa shape index (κ1) is 24.0. The first-order valence-corrected chi connectivity index (χ1v) is 12.2. The molecule has 1 aliphatic rings. The maximum atomic E-state index is 14.0. The lowest BCUT2D eigenvalue weighted by Crippen LogP contribution is -2.27. The van der Waals surface area contributed by atoms with Gasteiger partial charge in [0, 0.05) is 5.56 Å². The Morgan fingerprint density at radius 2 is 1.76 bits per heavy atom. The molecule has 3 aromatic carbocycles. The van der Waals surface area contributed by atoms with Crippen molar-refractivity contribution in [2.24, 2.45) is 0 Å². The van der Waals surface area contributed by atoms with Gasteiger partial charge in [0.15, 0.2) is 11.5 Å². The van der Waals surface area contributed by atoms with Crippen LogP contribution in [0, 0.1) is 5.82 Å². The van der Waals surface area contributed by atoms with E-state index in [1.165, 1.54) is 6.07 Å². The minimum Gasteiger partial charge on any atom is -0.490 e. The summed E-state index contributed by atoms with van der Waals surface area (Å²) in [6, 6.07) is 19.4. The molecule has 0 N–H and O–H groups in total. The van der Waals surface area contributed by atoms with E-state index >= 15 is 0 Å². The number of imide groups is 1. The third-order valence-electron chi connectivity index (χ3n) is 5.02. The van der Waals surface area contributed by atoms with Crippen LogP contribution in [0.25, 0.3) is 6.08 Å². The number of nitrogens with zero attached hydrogens (tertiary/aromatic N) is 1. The number of rotatable bonds is 8. The fraction of sp³-hybridized carbons (Fsp3) is 0.154. The van der Waals surface area contributed by atoms with Crippen LogP contribution in [0.3, 0.4) is 0 Å². The summed E-state index contributed by atoms with van der Waals surface area (Å²) in [7, 11) is 0. The number of ether oxygens (including phenoxy) is 2. The van der Waals surface area contributed by atoms with E-state index in [0.29, 0.717) is 34.7 Å². The second-order valence-corrected chi connectivity index (χ2v) is 9.24. The zero-order valence-corrected chi connectivity index (χ0v) is 20.7. The molecular weight excluding hydrogens is 521 g/mol. The fourth-order valence-electron chi connectivity index (χ4n) is 3.39. The van der Waals surface area contributed by atoms with Gasteiger partial charge in [-0.05, 0) is 70.0 Å². The molecule has 8 heteroatoms. The molecule has 0 saturated carbocycles. The third-order valence-corrected chi connectivity index (χ3v) is 6.51. The number of amides is 2. The molecule has 3 aromatic rings. The molecule has 0 aliphatic carbocycles. The normalized spacial score (nSPS) is 14.7. The van der Waals surface area contributed by atoms with E-state index in [2.05, 4.69) is 15.9 Å². The lowest BCUT2D eigenvalue weighted by molar-refractivity contribution is -0.123. The Kier molecular flexibility index (Phi) is 7.70. The number of benzene rings is 3. The monoisotopic (exact) mass is 541 g/mol. The van der Waals surface area contributed by atoms with Crippen LogP contribution in [0.2, 0.25) is 0 Å². The van der Waals surface area contributed by atoms with E-state index < -0.39 is 17.0 Å². The zero-order valence-electron chi connectivity index (χ0n) is 18.3. The molecule has 0 bridgehead atoms. The first-order chi connectivity index (χ1) is 16.5. The molecule has 34 heavy (non-hydrogen) atoms. The van der Waals surface area contributed by atoms with Crippen molar-refractivity contribution < 1.29 is 23.5 Å². The van der Waals surface area contributed by atoms with E-state index in [1.807, 2.05) is 37.3 Å². The quantitative estimate of drug-likeness (QED) is 0.293. The Morgan fingerprint density at radius 3 is 2.50 bits per heavy atom. The van der Waals surface area contributed by atoms with Crippen LogP contribution >= 0.6 is 27.7 Å². The Bertz CT molecular complexity index is 1250. The highest BCUT2D eigenvalue weighted by Gasteiger charge is 2.35. The molecular formula is C26H21BrFNO4S. The van der Waals surface area contributed by atoms with Crippen LogP contribution in [-0.4, -0.2) is 22.7 Å². The van der Waals surface area contributed by atoms with E-state index in [-0.39, 0.29) is 17.0 Å². The lowest BCUT2D eigenvalue weighted by atomic mass is 10.1. The highest BCUT2D eigenvalue weighted by molar-refractivity contribution is 9.10. The van der Waals surface area contributed by atoms with Gasteiger partial charge in [-0.3, -0.25) is 14.5 Å². The summed E-state index contributed by atoms with van der Waals surface area (Å²) in [5.41, 5.74) is 1.97. The molecule has 0 radical (unpaired) electrons. The largest absolute Gasteiger partial charge is 0.490 e. The summed E-state index contributed by atoms with van der Waals surface area (Å²) in [5, 5.41) is -0.439. The SMILES string of the molecule is CCOc1cc(/C=C2/SC(=O)N(Cc3ccccc3F)C2=O)cc(Br)c1OCc1ccccc1. The number of halogens is 2. The zero-order chi connectivity index (χ0) is 24.1. The second-order valence-electron chi connectivity index (χ2n) is 7.40. The van der Waals surface area contributed by atoms with Gasteiger partial charge in [-0.25, -0.2) is 4.39 Å². The van der Waals surface area contributed by atoms with Crippen LogP contribution < -0.4 is 9.47 Å². The minimum atomic E-state index is -0.461. The van der Waals surface area contributed by atoms with Crippen LogP contribution in [0.1, 0.15) is 23.6 Å². The first-order valence-electron chi connectivity index (χ1n) is 10.6. The Labute approximate surface area is 209 Å². The third kappa shape index (κ3) is 5.51. The molecule has 0 atom stereocenters. The molecule has 1 heterocycles. The van der Waals surface area contributed by atoms with E-state index in [0.717, 1.165) is 22.2 Å². The average Bonchev–Trinajstić information content (AvgIpc) is 3.08. The van der Waals surface area contributed by atoms with Gasteiger partial charge in [-0.15, -0.1) is 0 Å². The maximum Gasteiger partial charge on any atom is 0.293 e. The van der Waals surface area contributed by atoms with Gasteiger partial charge in [0.2, 0.25) is 0 Å². The Hall–Kier alpha value is -3.10. The molecule has 0 unspecified atom stereocenters. The van der Waals surface area contributed by atoms with Gasteiger partial charge in [-0.2, -0.15) is 0 Å². The fourth-order valence-corrected chi connectivity index (χ4v) is 4.80. The van der Waals surface area contributed by atoms with E-state index in [4.69, 9.17) is 9.47 Å². The van der Waals surface area contributed by atoms with Crippen LogP contribution in [0.5, 0.6) is 11.5 Å². The van der Waals surface area contributed by atoms with Crippen molar-refractivity contribution in [2.75, 3.05) is 6.61 Å². The number of hydrogen-bond acceptors (Lipinski definition) is 5. The lowest BCUT2D eigenvalue weighted by Gasteiger charge is -2.15. The Balaban J connectivity index is 1.56. The average molecular weight is 542 g/mol. The molecule has 174 valence electrons. The molecule has 1 aliphatic heterocycles. The van der Waals surface area contributed by atoms with Gasteiger partial charge < -0.3 is 9.47 Å². The van der Waals surface area contributed by atoms with Crippen LogP contribution in [0.15, 0.2) is 76.1 Å². The molecule has 1 saturated heterocycles. The van der Waals surface area contributed by atoms with Crippen molar-refractivity contribution in [3.8, 4) is 11.5 Å². The van der Waals surface area contributed by atoms with Gasteiger partial charge in [0.05, 0.1) is 22.5 Å². The van der Waals surface area contributed by atoms with E-state index in [9.17, 15) is 14.0 Å². The smallest absolute Gasteiger partial charge is 0.293 e. The second kappa shape index (κ2) is 10.9. The van der Waals surface area contributed by atoms with Crippen molar-refractivity contribution in [1.29, 1.82) is 0 Å². The summed E-state index contributed by atoms with van der Waals surface area (Å²) in [6.45, 7) is 2.55. The predicted octanol–water partition coefficient (Wildman–Crippen LogP) is 6.80. The summed E-state index contributed by atoms with van der Waals surface area (Å²) < 4.78 is 26.4. The van der Waals surface area contributed by atoms with Crippen molar-refractivity contribution >= 4 is 44.9 Å². The maximum absolute atomic E-state index is 14.0. The van der Waals surface area contributed by atoms with Gasteiger partial charge >= 0.3 is 0 Å². The summed E-state index contributed by atoms with van der Waals surface area (Å²) >= 11 is 4.36. The summed E-state index contributed by atoms with van der Waals surface area (Å²) in [5.74, 6) is 0.152. The van der Waals surface area contributed by atoms with E-state index in [1.54, 1.807) is 36.4 Å². The Morgan fingerprint density at radius 1 is 1.03 bits per heavy atom. The standard InChI is InChI=1S/C26H21BrFNO4S/c1-2-32-22-13-18(12-20(27)24(22)33-16-17-8-4-3-5-9-17)14-23-25(30)29(26(31)34-23)15-19-10-6-7-11-21(19)28/h3-14H,2,15-16H2,1H3/b23-14+. The van der Waals surface area contributed by atoms with Crippen LogP contribution in [-0.2, 0) is 17.9 Å². The van der Waals surface area contributed by atoms with Crippen molar-refractivity contribution in [2.45, 2.75) is 20.1 Å². The molecule has 4 rings (SSSR count). The molecule has 1 fully saturated rings. The predicted molar refractivity (Wildman–Crippen MR) is 134 cm³/mol. The number of hydrogen-bond donors (Lipinski definition) is 0. The molecule has 5 nitrogen and oxygen atoms in total. The van der Waals surface area contributed by atoms with Crippen molar-refractivity contribution in [3.63, 3.8) is 0 Å². The summed E-state index contributed by atoms with van der Waals surface area (Å²) in [6.07, 6.45) is 1.63. The highest BCUT2D eigenvalue weighted by atomic mass is 79.9. The topological polar surface area (TPSA) is 55.8 Å². The number of thioether (sulfide) groups is 1. The number of carbonyl (C=O) groups is 2. The van der Waals surface area contributed by atoms with Gasteiger partial charge in [0.1, 0.15) is 12.4 Å². The minimum absolute atomic E-state index is 0.116. The van der Waals surface area contributed by atoms with Gasteiger partial charge in [-0.1, -0.05) is 48.5 Å². The van der Waals surface area contributed by atoms with Crippen molar-refractivity contribution in [3.05, 3.63) is 98.6 Å². The molecule has 2 amide bonds. The van der Waals surface area contributed by atoms with Crippen molar-refractivity contribution in [1.82, 2.24) is 4.90 Å². The van der Waals surface area contributed by atoms with Gasteiger partial charge in [0.25, 0.3) is 11.1 Å².